The lowest BCUT2D eigenvalue weighted by Crippen LogP contribution is -2.13. The Morgan fingerprint density at radius 3 is 1.47 bits per heavy atom. The van der Waals surface area contributed by atoms with E-state index in [2.05, 4.69) is 48.5 Å². The molecule has 0 N–H and O–H groups in total. The van der Waals surface area contributed by atoms with Gasteiger partial charge in [-0.15, -0.1) is 0 Å². The first-order valence-electron chi connectivity index (χ1n) is 7.07. The van der Waals surface area contributed by atoms with Gasteiger partial charge in [-0.2, -0.15) is 0 Å². The number of thiocarbonyl (C=S) groups is 1. The van der Waals surface area contributed by atoms with Crippen molar-refractivity contribution in [2.24, 2.45) is 0 Å². The maximum atomic E-state index is 5.52. The third kappa shape index (κ3) is 3.30. The van der Waals surface area contributed by atoms with Crippen molar-refractivity contribution in [3.8, 4) is 0 Å². The van der Waals surface area contributed by atoms with E-state index in [1.165, 1.54) is 22.3 Å². The van der Waals surface area contributed by atoms with Gasteiger partial charge in [-0.05, 0) is 28.7 Å². The van der Waals surface area contributed by atoms with Crippen LogP contribution >= 0.6 is 12.2 Å². The highest BCUT2D eigenvalue weighted by Crippen LogP contribution is 2.27. The lowest BCUT2D eigenvalue weighted by Gasteiger charge is -2.19. The summed E-state index contributed by atoms with van der Waals surface area (Å²) in [4.78, 5) is 0.993. The van der Waals surface area contributed by atoms with Crippen molar-refractivity contribution in [3.05, 3.63) is 70.8 Å². The standard InChI is InChI=1S/C14H10S.2C2H6/c15-14-12-7-3-1-5-10(12)9-11-6-2-4-8-13(11)14;2*1-2/h1-8H,9H2;2*1-2H3. The Kier molecular flexibility index (Phi) is 6.44. The predicted molar refractivity (Wildman–Crippen MR) is 89.2 cm³/mol. The van der Waals surface area contributed by atoms with Gasteiger partial charge < -0.3 is 0 Å². The SMILES string of the molecule is CC.CC.S=C1c2ccccc2Cc2ccccc21. The van der Waals surface area contributed by atoms with Gasteiger partial charge in [-0.25, -0.2) is 0 Å². The fourth-order valence-corrected chi connectivity index (χ4v) is 2.54. The summed E-state index contributed by atoms with van der Waals surface area (Å²) in [5.74, 6) is 0. The van der Waals surface area contributed by atoms with Crippen LogP contribution < -0.4 is 0 Å². The topological polar surface area (TPSA) is 0 Å². The molecule has 0 radical (unpaired) electrons. The smallest absolute Gasteiger partial charge is 0.0527 e. The first kappa shape index (κ1) is 15.6. The molecule has 0 unspecified atom stereocenters. The van der Waals surface area contributed by atoms with Crippen molar-refractivity contribution in [1.29, 1.82) is 0 Å². The van der Waals surface area contributed by atoms with Gasteiger partial charge in [-0.3, -0.25) is 0 Å². The Balaban J connectivity index is 0.000000415. The molecule has 1 aliphatic carbocycles. The Morgan fingerprint density at radius 2 is 1.05 bits per heavy atom. The summed E-state index contributed by atoms with van der Waals surface area (Å²) in [6.07, 6.45) is 1.01. The third-order valence-electron chi connectivity index (χ3n) is 2.90. The molecular formula is C18H22S. The Morgan fingerprint density at radius 1 is 0.684 bits per heavy atom. The quantitative estimate of drug-likeness (QED) is 0.492. The molecule has 0 atom stereocenters. The largest absolute Gasteiger partial charge is 0.0788 e. The highest BCUT2D eigenvalue weighted by atomic mass is 32.1. The van der Waals surface area contributed by atoms with Crippen LogP contribution in [0.5, 0.6) is 0 Å². The van der Waals surface area contributed by atoms with E-state index in [4.69, 9.17) is 12.2 Å². The van der Waals surface area contributed by atoms with E-state index in [1.807, 2.05) is 27.7 Å². The van der Waals surface area contributed by atoms with Crippen LogP contribution in [0.1, 0.15) is 49.9 Å². The van der Waals surface area contributed by atoms with Gasteiger partial charge in [-0.1, -0.05) is 88.4 Å². The van der Waals surface area contributed by atoms with Crippen LogP contribution in [0.4, 0.5) is 0 Å². The minimum Gasteiger partial charge on any atom is -0.0788 e. The highest BCUT2D eigenvalue weighted by Gasteiger charge is 2.18. The van der Waals surface area contributed by atoms with Crippen molar-refractivity contribution in [3.63, 3.8) is 0 Å². The maximum Gasteiger partial charge on any atom is 0.0527 e. The van der Waals surface area contributed by atoms with Gasteiger partial charge >= 0.3 is 0 Å². The summed E-state index contributed by atoms with van der Waals surface area (Å²) in [5, 5.41) is 0. The number of hydrogen-bond acceptors (Lipinski definition) is 1. The monoisotopic (exact) mass is 270 g/mol. The minimum absolute atomic E-state index is 0.993. The van der Waals surface area contributed by atoms with Crippen LogP contribution in [0, 0.1) is 0 Å². The van der Waals surface area contributed by atoms with Gasteiger partial charge in [0.15, 0.2) is 0 Å². The molecule has 0 amide bonds. The Bertz CT molecular complexity index is 493. The molecule has 0 spiro atoms. The van der Waals surface area contributed by atoms with Gasteiger partial charge in [0.25, 0.3) is 0 Å². The van der Waals surface area contributed by atoms with Crippen LogP contribution in [0.15, 0.2) is 48.5 Å². The molecule has 0 heterocycles. The van der Waals surface area contributed by atoms with E-state index in [0.29, 0.717) is 0 Å². The van der Waals surface area contributed by atoms with Crippen LogP contribution in [-0.4, -0.2) is 4.86 Å². The lowest BCUT2D eigenvalue weighted by atomic mass is 9.86. The summed E-state index contributed by atoms with van der Waals surface area (Å²) in [7, 11) is 0. The highest BCUT2D eigenvalue weighted by molar-refractivity contribution is 7.81. The zero-order chi connectivity index (χ0) is 14.3. The maximum absolute atomic E-state index is 5.52. The summed E-state index contributed by atoms with van der Waals surface area (Å²) in [6.45, 7) is 8.00. The second kappa shape index (κ2) is 7.85. The van der Waals surface area contributed by atoms with Gasteiger partial charge in [0.1, 0.15) is 0 Å². The first-order chi connectivity index (χ1) is 9.36. The molecule has 0 saturated carbocycles. The van der Waals surface area contributed by atoms with Crippen molar-refractivity contribution in [2.45, 2.75) is 34.1 Å². The van der Waals surface area contributed by atoms with E-state index < -0.39 is 0 Å². The van der Waals surface area contributed by atoms with Crippen molar-refractivity contribution >= 4 is 17.1 Å². The molecule has 1 heteroatoms. The molecule has 3 rings (SSSR count). The van der Waals surface area contributed by atoms with E-state index in [9.17, 15) is 0 Å². The summed E-state index contributed by atoms with van der Waals surface area (Å²) < 4.78 is 0. The number of hydrogen-bond donors (Lipinski definition) is 0. The number of rotatable bonds is 0. The summed E-state index contributed by atoms with van der Waals surface area (Å²) >= 11 is 5.52. The predicted octanol–water partition coefficient (Wildman–Crippen LogP) is 5.41. The van der Waals surface area contributed by atoms with Crippen molar-refractivity contribution < 1.29 is 0 Å². The average Bonchev–Trinajstić information content (AvgIpc) is 2.52. The molecular weight excluding hydrogens is 248 g/mol. The molecule has 2 aromatic rings. The molecule has 2 aromatic carbocycles. The van der Waals surface area contributed by atoms with Gasteiger partial charge in [0.05, 0.1) is 4.86 Å². The molecule has 0 aromatic heterocycles. The van der Waals surface area contributed by atoms with Gasteiger partial charge in [0.2, 0.25) is 0 Å². The lowest BCUT2D eigenvalue weighted by molar-refractivity contribution is 1.16. The zero-order valence-corrected chi connectivity index (χ0v) is 13.1. The van der Waals surface area contributed by atoms with E-state index in [-0.39, 0.29) is 0 Å². The van der Waals surface area contributed by atoms with Crippen LogP contribution in [0.25, 0.3) is 0 Å². The van der Waals surface area contributed by atoms with Crippen LogP contribution in [0.2, 0.25) is 0 Å². The summed E-state index contributed by atoms with van der Waals surface area (Å²) in [5.41, 5.74) is 5.15. The second-order valence-electron chi connectivity index (χ2n) is 3.82. The molecule has 1 aliphatic rings. The second-order valence-corrected chi connectivity index (χ2v) is 4.23. The minimum atomic E-state index is 0.993. The molecule has 100 valence electrons. The Labute approximate surface area is 122 Å². The van der Waals surface area contributed by atoms with E-state index in [1.54, 1.807) is 0 Å². The fourth-order valence-electron chi connectivity index (χ4n) is 2.14. The fraction of sp³-hybridized carbons (Fsp3) is 0.278. The number of fused-ring (bicyclic) bond motifs is 2. The molecule has 0 saturated heterocycles. The molecule has 0 nitrogen and oxygen atoms in total. The summed E-state index contributed by atoms with van der Waals surface area (Å²) in [6, 6.07) is 16.8. The van der Waals surface area contributed by atoms with E-state index >= 15 is 0 Å². The van der Waals surface area contributed by atoms with Crippen molar-refractivity contribution in [2.75, 3.05) is 0 Å². The average molecular weight is 270 g/mol. The third-order valence-corrected chi connectivity index (χ3v) is 3.34. The van der Waals surface area contributed by atoms with E-state index in [0.717, 1.165) is 11.3 Å². The van der Waals surface area contributed by atoms with Crippen LogP contribution in [-0.2, 0) is 6.42 Å². The number of benzene rings is 2. The molecule has 0 aliphatic heterocycles. The molecule has 0 bridgehead atoms. The first-order valence-corrected chi connectivity index (χ1v) is 7.47. The Hall–Kier alpha value is -1.47. The van der Waals surface area contributed by atoms with Crippen LogP contribution in [0.3, 0.4) is 0 Å². The molecule has 19 heavy (non-hydrogen) atoms. The molecule has 0 fully saturated rings. The van der Waals surface area contributed by atoms with Crippen molar-refractivity contribution in [1.82, 2.24) is 0 Å². The zero-order valence-electron chi connectivity index (χ0n) is 12.2. The normalized spacial score (nSPS) is 11.1. The van der Waals surface area contributed by atoms with Gasteiger partial charge in [0, 0.05) is 0 Å².